The van der Waals surface area contributed by atoms with Gasteiger partial charge in [0.05, 0.1) is 12.7 Å². The quantitative estimate of drug-likeness (QED) is 0.661. The zero-order valence-corrected chi connectivity index (χ0v) is 13.5. The predicted octanol–water partition coefficient (Wildman–Crippen LogP) is 2.40. The second-order valence-electron chi connectivity index (χ2n) is 5.45. The van der Waals surface area contributed by atoms with Crippen LogP contribution < -0.4 is 5.32 Å². The molecule has 0 saturated carbocycles. The molecule has 0 aliphatic carbocycles. The van der Waals surface area contributed by atoms with Crippen molar-refractivity contribution in [3.8, 4) is 6.07 Å². The molecule has 0 heterocycles. The van der Waals surface area contributed by atoms with Crippen LogP contribution in [0.25, 0.3) is 0 Å². The highest BCUT2D eigenvalue weighted by Crippen LogP contribution is 2.20. The largest absolute Gasteiger partial charge is 0.383 e. The van der Waals surface area contributed by atoms with Gasteiger partial charge in [-0.2, -0.15) is 5.26 Å². The van der Waals surface area contributed by atoms with Gasteiger partial charge >= 0.3 is 0 Å². The second-order valence-corrected chi connectivity index (χ2v) is 5.45. The van der Waals surface area contributed by atoms with Crippen LogP contribution in [0.15, 0.2) is 0 Å². The first kappa shape index (κ1) is 18.4. The number of methoxy groups -OCH3 is 1. The lowest BCUT2D eigenvalue weighted by atomic mass is 9.93. The maximum atomic E-state index is 9.29. The molecule has 0 aliphatic heterocycles. The SMILES string of the molecule is CCC(CC)N(CCOC)C(C)CC(C)(C#N)NC. The first-order chi connectivity index (χ1) is 8.97. The van der Waals surface area contributed by atoms with E-state index in [1.54, 1.807) is 7.11 Å². The molecule has 0 aromatic rings. The molecular formula is C15H31N3O. The summed E-state index contributed by atoms with van der Waals surface area (Å²) in [4.78, 5) is 2.48. The van der Waals surface area contributed by atoms with Crippen molar-refractivity contribution in [3.63, 3.8) is 0 Å². The van der Waals surface area contributed by atoms with Crippen LogP contribution in [0.2, 0.25) is 0 Å². The molecule has 0 amide bonds. The lowest BCUT2D eigenvalue weighted by molar-refractivity contribution is 0.0751. The minimum absolute atomic E-state index is 0.358. The number of nitrogens with one attached hydrogen (secondary N) is 1. The standard InChI is InChI=1S/C15H31N3O/c1-7-14(8-2)18(9-10-19-6)13(3)11-15(4,12-16)17-5/h13-14,17H,7-11H2,1-6H3. The molecule has 2 unspecified atom stereocenters. The number of hydrogen-bond acceptors (Lipinski definition) is 4. The average molecular weight is 269 g/mol. The maximum Gasteiger partial charge on any atom is 0.105 e. The lowest BCUT2D eigenvalue weighted by Gasteiger charge is -2.38. The van der Waals surface area contributed by atoms with Crippen LogP contribution in [0.4, 0.5) is 0 Å². The van der Waals surface area contributed by atoms with Crippen LogP contribution in [0.3, 0.4) is 0 Å². The van der Waals surface area contributed by atoms with Crippen LogP contribution in [-0.2, 0) is 4.74 Å². The monoisotopic (exact) mass is 269 g/mol. The number of ether oxygens (including phenoxy) is 1. The zero-order valence-electron chi connectivity index (χ0n) is 13.5. The van der Waals surface area contributed by atoms with Crippen molar-refractivity contribution in [3.05, 3.63) is 0 Å². The summed E-state index contributed by atoms with van der Waals surface area (Å²) in [5, 5.41) is 12.4. The average Bonchev–Trinajstić information content (AvgIpc) is 2.43. The van der Waals surface area contributed by atoms with E-state index in [2.05, 4.69) is 37.1 Å². The van der Waals surface area contributed by atoms with Gasteiger partial charge in [0, 0.05) is 25.7 Å². The van der Waals surface area contributed by atoms with E-state index < -0.39 is 5.54 Å². The molecule has 0 aromatic heterocycles. The number of rotatable bonds is 10. The van der Waals surface area contributed by atoms with Crippen LogP contribution in [-0.4, -0.2) is 49.8 Å². The minimum atomic E-state index is -0.462. The molecule has 0 bridgehead atoms. The Morgan fingerprint density at radius 2 is 1.95 bits per heavy atom. The first-order valence-electron chi connectivity index (χ1n) is 7.32. The van der Waals surface area contributed by atoms with E-state index in [0.29, 0.717) is 12.1 Å². The van der Waals surface area contributed by atoms with Crippen LogP contribution in [0, 0.1) is 11.3 Å². The molecular weight excluding hydrogens is 238 g/mol. The molecule has 0 rings (SSSR count). The van der Waals surface area contributed by atoms with E-state index in [0.717, 1.165) is 32.4 Å². The number of hydrogen-bond donors (Lipinski definition) is 1. The van der Waals surface area contributed by atoms with E-state index in [9.17, 15) is 5.26 Å². The van der Waals surface area contributed by atoms with Crippen molar-refractivity contribution >= 4 is 0 Å². The fourth-order valence-corrected chi connectivity index (χ4v) is 2.63. The third-order valence-electron chi connectivity index (χ3n) is 4.03. The second kappa shape index (κ2) is 9.30. The molecule has 19 heavy (non-hydrogen) atoms. The summed E-state index contributed by atoms with van der Waals surface area (Å²) in [7, 11) is 3.59. The van der Waals surface area contributed by atoms with Crippen LogP contribution in [0.5, 0.6) is 0 Å². The molecule has 2 atom stereocenters. The molecule has 1 N–H and O–H groups in total. The summed E-state index contributed by atoms with van der Waals surface area (Å²) in [5.74, 6) is 0. The van der Waals surface area contributed by atoms with Crippen molar-refractivity contribution in [2.24, 2.45) is 0 Å². The van der Waals surface area contributed by atoms with Gasteiger partial charge in [-0.25, -0.2) is 0 Å². The Balaban J connectivity index is 4.79. The highest BCUT2D eigenvalue weighted by molar-refractivity contribution is 5.04. The van der Waals surface area contributed by atoms with Crippen molar-refractivity contribution in [2.45, 2.75) is 64.6 Å². The molecule has 0 spiro atoms. The zero-order chi connectivity index (χ0) is 14.9. The Labute approximate surface area is 119 Å². The summed E-state index contributed by atoms with van der Waals surface area (Å²) < 4.78 is 5.22. The van der Waals surface area contributed by atoms with E-state index in [1.807, 2.05) is 14.0 Å². The first-order valence-corrected chi connectivity index (χ1v) is 7.32. The summed E-state index contributed by atoms with van der Waals surface area (Å²) in [6.07, 6.45) is 3.08. The maximum absolute atomic E-state index is 9.29. The lowest BCUT2D eigenvalue weighted by Crippen LogP contribution is -2.49. The van der Waals surface area contributed by atoms with Crippen molar-refractivity contribution in [1.29, 1.82) is 5.26 Å². The van der Waals surface area contributed by atoms with Gasteiger partial charge < -0.3 is 10.1 Å². The third kappa shape index (κ3) is 5.90. The third-order valence-corrected chi connectivity index (χ3v) is 4.03. The molecule has 0 aromatic carbocycles. The molecule has 112 valence electrons. The van der Waals surface area contributed by atoms with Gasteiger partial charge in [0.15, 0.2) is 0 Å². The van der Waals surface area contributed by atoms with Gasteiger partial charge in [0.2, 0.25) is 0 Å². The van der Waals surface area contributed by atoms with Crippen LogP contribution >= 0.6 is 0 Å². The molecule has 0 fully saturated rings. The summed E-state index contributed by atoms with van der Waals surface area (Å²) in [6, 6.07) is 3.29. The van der Waals surface area contributed by atoms with Gasteiger partial charge in [-0.15, -0.1) is 0 Å². The van der Waals surface area contributed by atoms with Crippen LogP contribution in [0.1, 0.15) is 47.0 Å². The Bertz CT molecular complexity index is 273. The summed E-state index contributed by atoms with van der Waals surface area (Å²) in [6.45, 7) is 10.3. The topological polar surface area (TPSA) is 48.3 Å². The predicted molar refractivity (Wildman–Crippen MR) is 80.1 cm³/mol. The summed E-state index contributed by atoms with van der Waals surface area (Å²) in [5.41, 5.74) is -0.462. The molecule has 4 nitrogen and oxygen atoms in total. The molecule has 0 saturated heterocycles. The van der Waals surface area contributed by atoms with E-state index in [1.165, 1.54) is 0 Å². The van der Waals surface area contributed by atoms with E-state index >= 15 is 0 Å². The Morgan fingerprint density at radius 1 is 1.37 bits per heavy atom. The highest BCUT2D eigenvalue weighted by atomic mass is 16.5. The van der Waals surface area contributed by atoms with Gasteiger partial charge in [-0.05, 0) is 40.2 Å². The minimum Gasteiger partial charge on any atom is -0.383 e. The fraction of sp³-hybridized carbons (Fsp3) is 0.933. The highest BCUT2D eigenvalue weighted by Gasteiger charge is 2.29. The summed E-state index contributed by atoms with van der Waals surface area (Å²) >= 11 is 0. The van der Waals surface area contributed by atoms with Gasteiger partial charge in [0.1, 0.15) is 5.54 Å². The van der Waals surface area contributed by atoms with Crippen molar-refractivity contribution < 1.29 is 4.74 Å². The van der Waals surface area contributed by atoms with E-state index in [4.69, 9.17) is 4.74 Å². The van der Waals surface area contributed by atoms with E-state index in [-0.39, 0.29) is 0 Å². The normalized spacial score (nSPS) is 16.4. The van der Waals surface area contributed by atoms with Crippen molar-refractivity contribution in [1.82, 2.24) is 10.2 Å². The van der Waals surface area contributed by atoms with Crippen molar-refractivity contribution in [2.75, 3.05) is 27.3 Å². The Morgan fingerprint density at radius 3 is 2.32 bits per heavy atom. The molecule has 4 heteroatoms. The van der Waals surface area contributed by atoms with Gasteiger partial charge in [0.25, 0.3) is 0 Å². The van der Waals surface area contributed by atoms with Gasteiger partial charge in [-0.1, -0.05) is 13.8 Å². The molecule has 0 aliphatic rings. The Hall–Kier alpha value is -0.630. The Kier molecular flexibility index (Phi) is 8.99. The van der Waals surface area contributed by atoms with Gasteiger partial charge in [-0.3, -0.25) is 4.90 Å². The molecule has 0 radical (unpaired) electrons. The number of nitriles is 1. The smallest absolute Gasteiger partial charge is 0.105 e. The number of nitrogens with zero attached hydrogens (tertiary/aromatic N) is 2. The fourth-order valence-electron chi connectivity index (χ4n) is 2.63.